The Bertz CT molecular complexity index is 1090. The van der Waals surface area contributed by atoms with E-state index in [-0.39, 0.29) is 11.8 Å². The van der Waals surface area contributed by atoms with Crippen molar-refractivity contribution in [2.45, 2.75) is 64.3 Å². The molecule has 1 atom stereocenters. The smallest absolute Gasteiger partial charge is 0.214 e. The summed E-state index contributed by atoms with van der Waals surface area (Å²) in [7, 11) is -3.31. The van der Waals surface area contributed by atoms with Gasteiger partial charge in [-0.1, -0.05) is 75.4 Å². The number of hydrogen-bond donors (Lipinski definition) is 0. The standard InChI is InChI=1S/C25H32N2O3S/c1-2-3-4-5-6-10-18-31(28,29)27-17-11-14-23(27)25-26-22-19-21(15-16-24(22)30-25)20-12-8-7-9-13-20/h7-9,12-13,15-16,19,23H,2-6,10-11,14,17-18H2,1H3/t23-/m1/s1. The largest absolute Gasteiger partial charge is 0.439 e. The van der Waals surface area contributed by atoms with E-state index in [0.717, 1.165) is 48.7 Å². The van der Waals surface area contributed by atoms with Crippen LogP contribution < -0.4 is 0 Å². The van der Waals surface area contributed by atoms with Gasteiger partial charge in [-0.2, -0.15) is 4.31 Å². The summed E-state index contributed by atoms with van der Waals surface area (Å²) in [5.41, 5.74) is 3.68. The highest BCUT2D eigenvalue weighted by atomic mass is 32.2. The van der Waals surface area contributed by atoms with Crippen molar-refractivity contribution in [1.29, 1.82) is 0 Å². The van der Waals surface area contributed by atoms with E-state index in [4.69, 9.17) is 9.40 Å². The molecule has 0 aliphatic carbocycles. The van der Waals surface area contributed by atoms with Gasteiger partial charge in [0.25, 0.3) is 0 Å². The molecule has 4 rings (SSSR count). The summed E-state index contributed by atoms with van der Waals surface area (Å²) in [4.78, 5) is 4.70. The highest BCUT2D eigenvalue weighted by Gasteiger charge is 2.37. The zero-order chi connectivity index (χ0) is 21.7. The number of rotatable bonds is 10. The number of fused-ring (bicyclic) bond motifs is 1. The fourth-order valence-corrected chi connectivity index (χ4v) is 6.19. The molecule has 1 fully saturated rings. The van der Waals surface area contributed by atoms with Crippen LogP contribution in [0.4, 0.5) is 0 Å². The molecule has 0 bridgehead atoms. The molecule has 166 valence electrons. The fraction of sp³-hybridized carbons (Fsp3) is 0.480. The minimum atomic E-state index is -3.31. The minimum absolute atomic E-state index is 0.216. The van der Waals surface area contributed by atoms with Gasteiger partial charge >= 0.3 is 0 Å². The van der Waals surface area contributed by atoms with Crippen LogP contribution in [-0.4, -0.2) is 30.0 Å². The monoisotopic (exact) mass is 440 g/mol. The molecule has 1 aromatic heterocycles. The Balaban J connectivity index is 1.47. The Morgan fingerprint density at radius 3 is 2.58 bits per heavy atom. The zero-order valence-corrected chi connectivity index (χ0v) is 19.1. The van der Waals surface area contributed by atoms with E-state index in [9.17, 15) is 8.42 Å². The lowest BCUT2D eigenvalue weighted by molar-refractivity contribution is 0.336. The average Bonchev–Trinajstić information content (AvgIpc) is 3.43. The molecule has 0 amide bonds. The molecule has 1 aliphatic rings. The van der Waals surface area contributed by atoms with Gasteiger partial charge in [-0.15, -0.1) is 0 Å². The number of aromatic nitrogens is 1. The molecule has 0 radical (unpaired) electrons. The fourth-order valence-electron chi connectivity index (χ4n) is 4.40. The van der Waals surface area contributed by atoms with Crippen molar-refractivity contribution in [2.75, 3.05) is 12.3 Å². The molecular weight excluding hydrogens is 408 g/mol. The lowest BCUT2D eigenvalue weighted by Gasteiger charge is -2.21. The topological polar surface area (TPSA) is 63.4 Å². The molecule has 2 heterocycles. The number of unbranched alkanes of at least 4 members (excludes halogenated alkanes) is 5. The van der Waals surface area contributed by atoms with Crippen LogP contribution >= 0.6 is 0 Å². The first-order chi connectivity index (χ1) is 15.1. The van der Waals surface area contributed by atoms with Crippen molar-refractivity contribution >= 4 is 21.1 Å². The van der Waals surface area contributed by atoms with Gasteiger partial charge in [0, 0.05) is 6.54 Å². The van der Waals surface area contributed by atoms with Crippen LogP contribution in [0.25, 0.3) is 22.2 Å². The predicted molar refractivity (Wildman–Crippen MR) is 125 cm³/mol. The van der Waals surface area contributed by atoms with Gasteiger partial charge in [0.15, 0.2) is 5.58 Å². The summed E-state index contributed by atoms with van der Waals surface area (Å²) < 4.78 is 33.7. The zero-order valence-electron chi connectivity index (χ0n) is 18.3. The maximum atomic E-state index is 13.0. The SMILES string of the molecule is CCCCCCCCS(=O)(=O)N1CCC[C@@H]1c1nc2cc(-c3ccccc3)ccc2o1. The molecule has 5 nitrogen and oxygen atoms in total. The number of nitrogens with zero attached hydrogens (tertiary/aromatic N) is 2. The first-order valence-corrected chi connectivity index (χ1v) is 13.1. The molecular formula is C25H32N2O3S. The maximum Gasteiger partial charge on any atom is 0.214 e. The summed E-state index contributed by atoms with van der Waals surface area (Å²) in [6.45, 7) is 2.74. The van der Waals surface area contributed by atoms with E-state index in [0.29, 0.717) is 18.0 Å². The molecule has 1 saturated heterocycles. The second-order valence-electron chi connectivity index (χ2n) is 8.45. The number of oxazole rings is 1. The lowest BCUT2D eigenvalue weighted by atomic mass is 10.1. The first kappa shape index (κ1) is 22.0. The minimum Gasteiger partial charge on any atom is -0.439 e. The van der Waals surface area contributed by atoms with Crippen molar-refractivity contribution < 1.29 is 12.8 Å². The first-order valence-electron chi connectivity index (χ1n) is 11.5. The van der Waals surface area contributed by atoms with E-state index < -0.39 is 10.0 Å². The van der Waals surface area contributed by atoms with E-state index in [1.54, 1.807) is 4.31 Å². The van der Waals surface area contributed by atoms with Crippen LogP contribution in [0.2, 0.25) is 0 Å². The highest BCUT2D eigenvalue weighted by Crippen LogP contribution is 2.36. The van der Waals surface area contributed by atoms with E-state index in [2.05, 4.69) is 19.1 Å². The third-order valence-electron chi connectivity index (χ3n) is 6.11. The Hall–Kier alpha value is -2.18. The van der Waals surface area contributed by atoms with Crippen molar-refractivity contribution in [1.82, 2.24) is 9.29 Å². The van der Waals surface area contributed by atoms with Crippen LogP contribution in [0.1, 0.15) is 70.2 Å². The molecule has 6 heteroatoms. The normalized spacial score (nSPS) is 17.5. The van der Waals surface area contributed by atoms with Gasteiger partial charge in [0.2, 0.25) is 15.9 Å². The van der Waals surface area contributed by atoms with Crippen molar-refractivity contribution in [2.24, 2.45) is 0 Å². The summed E-state index contributed by atoms with van der Waals surface area (Å²) in [5.74, 6) is 0.734. The Labute approximate surface area is 185 Å². The molecule has 0 saturated carbocycles. The third-order valence-corrected chi connectivity index (χ3v) is 8.07. The quantitative estimate of drug-likeness (QED) is 0.346. The van der Waals surface area contributed by atoms with E-state index >= 15 is 0 Å². The Kier molecular flexibility index (Phi) is 7.08. The van der Waals surface area contributed by atoms with Crippen LogP contribution in [0.15, 0.2) is 52.9 Å². The van der Waals surface area contributed by atoms with Crippen molar-refractivity contribution in [3.8, 4) is 11.1 Å². The Morgan fingerprint density at radius 1 is 1.00 bits per heavy atom. The molecule has 1 aliphatic heterocycles. The average molecular weight is 441 g/mol. The summed E-state index contributed by atoms with van der Waals surface area (Å²) >= 11 is 0. The van der Waals surface area contributed by atoms with Gasteiger partial charge in [-0.3, -0.25) is 0 Å². The van der Waals surface area contributed by atoms with Gasteiger partial charge in [0.05, 0.1) is 5.75 Å². The number of hydrogen-bond acceptors (Lipinski definition) is 4. The van der Waals surface area contributed by atoms with Crippen LogP contribution in [0.3, 0.4) is 0 Å². The lowest BCUT2D eigenvalue weighted by Crippen LogP contribution is -2.32. The van der Waals surface area contributed by atoms with Crippen LogP contribution in [0, 0.1) is 0 Å². The molecule has 31 heavy (non-hydrogen) atoms. The summed E-state index contributed by atoms with van der Waals surface area (Å²) in [5, 5.41) is 0. The van der Waals surface area contributed by atoms with Crippen LogP contribution in [0.5, 0.6) is 0 Å². The van der Waals surface area contributed by atoms with Crippen molar-refractivity contribution in [3.63, 3.8) is 0 Å². The second-order valence-corrected chi connectivity index (χ2v) is 10.5. The number of sulfonamides is 1. The van der Waals surface area contributed by atoms with E-state index in [1.807, 2.05) is 36.4 Å². The molecule has 3 aromatic rings. The Morgan fingerprint density at radius 2 is 1.77 bits per heavy atom. The second kappa shape index (κ2) is 9.96. The maximum absolute atomic E-state index is 13.0. The van der Waals surface area contributed by atoms with Gasteiger partial charge < -0.3 is 4.42 Å². The molecule has 0 spiro atoms. The van der Waals surface area contributed by atoms with E-state index in [1.165, 1.54) is 19.3 Å². The third kappa shape index (κ3) is 5.18. The number of benzene rings is 2. The van der Waals surface area contributed by atoms with Gasteiger partial charge in [0.1, 0.15) is 11.6 Å². The predicted octanol–water partition coefficient (Wildman–Crippen LogP) is 6.32. The van der Waals surface area contributed by atoms with Gasteiger partial charge in [-0.05, 0) is 42.5 Å². The molecule has 0 unspecified atom stereocenters. The summed E-state index contributed by atoms with van der Waals surface area (Å²) in [6, 6.07) is 15.8. The molecule has 0 N–H and O–H groups in total. The summed E-state index contributed by atoms with van der Waals surface area (Å²) in [6.07, 6.45) is 8.03. The highest BCUT2D eigenvalue weighted by molar-refractivity contribution is 7.89. The van der Waals surface area contributed by atoms with Crippen LogP contribution in [-0.2, 0) is 10.0 Å². The van der Waals surface area contributed by atoms with Crippen molar-refractivity contribution in [3.05, 3.63) is 54.4 Å². The molecule has 2 aromatic carbocycles. The van der Waals surface area contributed by atoms with Gasteiger partial charge in [-0.25, -0.2) is 13.4 Å².